The van der Waals surface area contributed by atoms with Crippen molar-refractivity contribution in [2.24, 2.45) is 0 Å². The lowest BCUT2D eigenvalue weighted by Gasteiger charge is -2.29. The monoisotopic (exact) mass is 566 g/mol. The average Bonchev–Trinajstić information content (AvgIpc) is 2.75. The zero-order valence-corrected chi connectivity index (χ0v) is 15.9. The van der Waals surface area contributed by atoms with Crippen LogP contribution in [-0.4, -0.2) is 70.5 Å². The van der Waals surface area contributed by atoms with E-state index in [9.17, 15) is 66.3 Å². The van der Waals surface area contributed by atoms with Crippen molar-refractivity contribution >= 4 is 6.29 Å². The van der Waals surface area contributed by atoms with E-state index in [-0.39, 0.29) is 0 Å². The average molecular weight is 566 g/mol. The van der Waals surface area contributed by atoms with Crippen molar-refractivity contribution in [3.63, 3.8) is 0 Å². The van der Waals surface area contributed by atoms with Crippen LogP contribution in [0.1, 0.15) is 0 Å². The van der Waals surface area contributed by atoms with Crippen molar-refractivity contribution in [1.29, 1.82) is 0 Å². The van der Waals surface area contributed by atoms with Gasteiger partial charge in [-0.05, 0) is 0 Å². The maximum atomic E-state index is 13.0. The second kappa shape index (κ2) is 11.6. The van der Waals surface area contributed by atoms with Crippen LogP contribution in [0.5, 0.6) is 0 Å². The van der Waals surface area contributed by atoms with Crippen LogP contribution < -0.4 is 0 Å². The number of rotatable bonds is 11. The van der Waals surface area contributed by atoms with Gasteiger partial charge in [0, 0.05) is 0 Å². The minimum Gasteiger partial charge on any atom is -0.294 e. The Morgan fingerprint density at radius 3 is 1.74 bits per heavy atom. The molecule has 0 aromatic rings. The fraction of sp³-hybridized carbons (Fsp3) is 0.909. The molecule has 1 rings (SSSR count). The van der Waals surface area contributed by atoms with Gasteiger partial charge >= 0.3 is 43.4 Å². The van der Waals surface area contributed by atoms with Crippen LogP contribution in [-0.2, 0) is 47.7 Å². The zero-order valence-electron chi connectivity index (χ0n) is 15.9. The largest absolute Gasteiger partial charge is 0.527 e. The molecule has 1 aliphatic rings. The molecule has 1 saturated heterocycles. The van der Waals surface area contributed by atoms with E-state index in [1.54, 1.807) is 0 Å². The van der Waals surface area contributed by atoms with E-state index in [1.807, 2.05) is 0 Å². The first-order valence-electron chi connectivity index (χ1n) is 7.39. The van der Waals surface area contributed by atoms with Gasteiger partial charge in [-0.2, -0.15) is 13.2 Å². The molecule has 2 unspecified atom stereocenters. The van der Waals surface area contributed by atoms with Crippen molar-refractivity contribution in [2.45, 2.75) is 43.4 Å². The SMILES string of the molecule is COOCOC1(OC(F)(F)F)OC(F)(F)OC1(F)F.O=CC(F)(OC(F)(F)F)OC(F)(F)OCF. The number of hydrogen-bond acceptors (Lipinski definition) is 10. The molecule has 0 saturated carbocycles. The number of ether oxygens (including phenoxy) is 7. The quantitative estimate of drug-likeness (QED) is 0.0918. The highest BCUT2D eigenvalue weighted by atomic mass is 19.4. The normalized spacial score (nSPS) is 23.9. The Morgan fingerprint density at radius 1 is 0.857 bits per heavy atom. The third-order valence-electron chi connectivity index (χ3n) is 2.40. The molecule has 0 N–H and O–H groups in total. The van der Waals surface area contributed by atoms with E-state index >= 15 is 0 Å². The summed E-state index contributed by atoms with van der Waals surface area (Å²) in [6.07, 6.45) is -28.3. The van der Waals surface area contributed by atoms with E-state index in [2.05, 4.69) is 42.9 Å². The van der Waals surface area contributed by atoms with Crippen molar-refractivity contribution in [3.8, 4) is 0 Å². The molecule has 35 heavy (non-hydrogen) atoms. The van der Waals surface area contributed by atoms with Gasteiger partial charge in [-0.25, -0.2) is 37.8 Å². The molecule has 0 radical (unpaired) electrons. The Hall–Kier alpha value is -1.67. The van der Waals surface area contributed by atoms with E-state index < -0.39 is 63.4 Å². The third-order valence-corrected chi connectivity index (χ3v) is 2.40. The Labute approximate surface area is 181 Å². The van der Waals surface area contributed by atoms with Crippen LogP contribution in [0, 0.1) is 0 Å². The summed E-state index contributed by atoms with van der Waals surface area (Å²) in [6.45, 7) is -3.63. The molecule has 24 heteroatoms. The summed E-state index contributed by atoms with van der Waals surface area (Å²) in [5.74, 6) is -4.58. The molecule has 1 aliphatic heterocycles. The number of hydrogen-bond donors (Lipinski definition) is 0. The number of alkyl halides is 14. The standard InChI is InChI=1S/C6H5F7O6.C5H3F7O4/c1-14-16-2-15-4(18-5(9,10)11)3(7,8)17-6(12,13)19-4;6-2-14-5(11,12)16-3(7,1-13)15-4(8,9)10/h2H2,1H3;1H,2H2. The van der Waals surface area contributed by atoms with Crippen LogP contribution in [0.15, 0.2) is 0 Å². The Bertz CT molecular complexity index is 672. The van der Waals surface area contributed by atoms with E-state index in [0.29, 0.717) is 0 Å². The molecular weight excluding hydrogens is 558 g/mol. The second-order valence-electron chi connectivity index (χ2n) is 4.90. The summed E-state index contributed by atoms with van der Waals surface area (Å²) in [5.41, 5.74) is 0. The van der Waals surface area contributed by atoms with Gasteiger partial charge in [0.2, 0.25) is 6.29 Å². The Kier molecular flexibility index (Phi) is 11.0. The van der Waals surface area contributed by atoms with Crippen molar-refractivity contribution < 1.29 is 109 Å². The van der Waals surface area contributed by atoms with Crippen LogP contribution in [0.4, 0.5) is 61.5 Å². The lowest BCUT2D eigenvalue weighted by molar-refractivity contribution is -0.544. The molecule has 0 aliphatic carbocycles. The predicted octanol–water partition coefficient (Wildman–Crippen LogP) is 3.77. The summed E-state index contributed by atoms with van der Waals surface area (Å²) in [6, 6.07) is -4.84. The van der Waals surface area contributed by atoms with Gasteiger partial charge in [-0.1, -0.05) is 0 Å². The molecule has 0 aromatic heterocycles. The first kappa shape index (κ1) is 33.3. The van der Waals surface area contributed by atoms with Gasteiger partial charge in [0.25, 0.3) is 0 Å². The van der Waals surface area contributed by atoms with Gasteiger partial charge in [0.05, 0.1) is 7.11 Å². The van der Waals surface area contributed by atoms with Gasteiger partial charge in [0.1, 0.15) is 0 Å². The molecule has 2 atom stereocenters. The third kappa shape index (κ3) is 11.7. The number of aldehydes is 1. The van der Waals surface area contributed by atoms with Gasteiger partial charge in [0.15, 0.2) is 13.7 Å². The molecule has 0 amide bonds. The van der Waals surface area contributed by atoms with E-state index in [1.165, 1.54) is 0 Å². The zero-order chi connectivity index (χ0) is 28.0. The highest BCUT2D eigenvalue weighted by Crippen LogP contribution is 2.51. The molecule has 0 aromatic carbocycles. The smallest absolute Gasteiger partial charge is 0.294 e. The van der Waals surface area contributed by atoms with Crippen LogP contribution in [0.25, 0.3) is 0 Å². The molecule has 1 fully saturated rings. The maximum absolute atomic E-state index is 13.0. The van der Waals surface area contributed by atoms with E-state index in [4.69, 9.17) is 0 Å². The highest BCUT2D eigenvalue weighted by Gasteiger charge is 2.77. The fourth-order valence-electron chi connectivity index (χ4n) is 1.46. The minimum atomic E-state index is -5.79. The molecule has 0 bridgehead atoms. The molecule has 1 heterocycles. The molecular formula is C11H8F14O10. The van der Waals surface area contributed by atoms with Gasteiger partial charge in [-0.15, -0.1) is 43.9 Å². The first-order chi connectivity index (χ1) is 15.5. The summed E-state index contributed by atoms with van der Waals surface area (Å²) in [7, 11) is 0.847. The van der Waals surface area contributed by atoms with Gasteiger partial charge in [-0.3, -0.25) is 14.3 Å². The minimum absolute atomic E-state index is 0.847. The summed E-state index contributed by atoms with van der Waals surface area (Å²) < 4.78 is 189. The van der Waals surface area contributed by atoms with Crippen molar-refractivity contribution in [2.75, 3.05) is 20.8 Å². The van der Waals surface area contributed by atoms with E-state index in [0.717, 1.165) is 7.11 Å². The van der Waals surface area contributed by atoms with Crippen LogP contribution in [0.3, 0.4) is 0 Å². The summed E-state index contributed by atoms with van der Waals surface area (Å²) in [5, 5.41) is 0. The predicted molar refractivity (Wildman–Crippen MR) is 66.1 cm³/mol. The van der Waals surface area contributed by atoms with Crippen LogP contribution in [0.2, 0.25) is 0 Å². The fourth-order valence-corrected chi connectivity index (χ4v) is 1.46. The lowest BCUT2D eigenvalue weighted by Crippen LogP contribution is -2.53. The summed E-state index contributed by atoms with van der Waals surface area (Å²) in [4.78, 5) is 17.4. The molecule has 0 spiro atoms. The highest BCUT2D eigenvalue weighted by molar-refractivity contribution is 5.57. The lowest BCUT2D eigenvalue weighted by atomic mass is 10.5. The number of carbonyl (C=O) groups excluding carboxylic acids is 1. The molecule has 210 valence electrons. The Balaban J connectivity index is 0.000000672. The van der Waals surface area contributed by atoms with Crippen molar-refractivity contribution in [1.82, 2.24) is 0 Å². The Morgan fingerprint density at radius 2 is 1.40 bits per heavy atom. The first-order valence-corrected chi connectivity index (χ1v) is 7.39. The molecule has 10 nitrogen and oxygen atoms in total. The summed E-state index contributed by atoms with van der Waals surface area (Å²) >= 11 is 0. The van der Waals surface area contributed by atoms with Crippen molar-refractivity contribution in [3.05, 3.63) is 0 Å². The second-order valence-corrected chi connectivity index (χ2v) is 4.90. The maximum Gasteiger partial charge on any atom is 0.527 e. The van der Waals surface area contributed by atoms with Crippen LogP contribution >= 0.6 is 0 Å². The number of halogens is 14. The number of carbonyl (C=O) groups is 1. The topological polar surface area (TPSA) is 100 Å². The van der Waals surface area contributed by atoms with Gasteiger partial charge < -0.3 is 0 Å².